The van der Waals surface area contributed by atoms with Crippen LogP contribution in [-0.4, -0.2) is 14.5 Å². The predicted octanol–water partition coefficient (Wildman–Crippen LogP) is 2.86. The van der Waals surface area contributed by atoms with Crippen LogP contribution >= 0.6 is 0 Å². The van der Waals surface area contributed by atoms with E-state index in [1.54, 1.807) is 6.92 Å². The van der Waals surface area contributed by atoms with Gasteiger partial charge in [-0.15, -0.1) is 0 Å². The number of fused-ring (bicyclic) bond motifs is 1. The van der Waals surface area contributed by atoms with Crippen molar-refractivity contribution < 1.29 is 13.2 Å². The van der Waals surface area contributed by atoms with Crippen molar-refractivity contribution in [2.45, 2.75) is 13.0 Å². The lowest BCUT2D eigenvalue weighted by Gasteiger charge is -2.11. The number of aromatic nitrogens is 3. The number of rotatable bonds is 2. The summed E-state index contributed by atoms with van der Waals surface area (Å²) in [6.45, 7) is 1.68. The van der Waals surface area contributed by atoms with Crippen LogP contribution in [0.5, 0.6) is 0 Å². The fourth-order valence-corrected chi connectivity index (χ4v) is 2.19. The van der Waals surface area contributed by atoms with Crippen LogP contribution in [0.1, 0.15) is 18.8 Å². The Bertz CT molecular complexity index is 826. The van der Waals surface area contributed by atoms with Gasteiger partial charge in [0.1, 0.15) is 11.6 Å². The van der Waals surface area contributed by atoms with Gasteiger partial charge in [0.2, 0.25) is 0 Å². The van der Waals surface area contributed by atoms with Gasteiger partial charge in [0.15, 0.2) is 11.6 Å². The van der Waals surface area contributed by atoms with Crippen LogP contribution in [0.15, 0.2) is 30.6 Å². The van der Waals surface area contributed by atoms with Crippen LogP contribution < -0.4 is 5.73 Å². The second-order valence-corrected chi connectivity index (χ2v) is 4.71. The molecule has 0 aliphatic carbocycles. The van der Waals surface area contributed by atoms with Crippen LogP contribution in [0.25, 0.3) is 16.7 Å². The Labute approximate surface area is 118 Å². The number of pyridine rings is 1. The zero-order chi connectivity index (χ0) is 15.1. The van der Waals surface area contributed by atoms with Gasteiger partial charge in [-0.1, -0.05) is 0 Å². The summed E-state index contributed by atoms with van der Waals surface area (Å²) in [4.78, 5) is 7.96. The highest BCUT2D eigenvalue weighted by Gasteiger charge is 2.18. The molecular formula is C14H11F3N4. The smallest absolute Gasteiger partial charge is 0.161 e. The first-order valence-corrected chi connectivity index (χ1v) is 6.21. The van der Waals surface area contributed by atoms with E-state index < -0.39 is 23.5 Å². The van der Waals surface area contributed by atoms with Gasteiger partial charge < -0.3 is 5.73 Å². The Balaban J connectivity index is 2.38. The van der Waals surface area contributed by atoms with Crippen molar-refractivity contribution in [1.82, 2.24) is 14.5 Å². The lowest BCUT2D eigenvalue weighted by Crippen LogP contribution is -2.12. The van der Waals surface area contributed by atoms with Crippen LogP contribution in [0.2, 0.25) is 0 Å². The Kier molecular flexibility index (Phi) is 3.13. The van der Waals surface area contributed by atoms with Crippen LogP contribution in [0.3, 0.4) is 0 Å². The minimum absolute atomic E-state index is 0.241. The van der Waals surface area contributed by atoms with E-state index in [0.717, 1.165) is 18.3 Å². The monoisotopic (exact) mass is 292 g/mol. The normalized spacial score (nSPS) is 12.8. The third-order valence-electron chi connectivity index (χ3n) is 3.08. The Morgan fingerprint density at radius 1 is 1.10 bits per heavy atom. The number of nitrogens with zero attached hydrogens (tertiary/aromatic N) is 3. The summed E-state index contributed by atoms with van der Waals surface area (Å²) in [7, 11) is 0. The Morgan fingerprint density at radius 2 is 1.81 bits per heavy atom. The molecule has 2 aromatic heterocycles. The molecule has 4 nitrogen and oxygen atoms in total. The first-order valence-electron chi connectivity index (χ1n) is 6.21. The molecule has 0 saturated heterocycles. The quantitative estimate of drug-likeness (QED) is 0.790. The third kappa shape index (κ3) is 2.25. The molecule has 2 heterocycles. The number of halogens is 3. The van der Waals surface area contributed by atoms with Crippen molar-refractivity contribution in [3.63, 3.8) is 0 Å². The maximum absolute atomic E-state index is 13.5. The number of hydrogen-bond acceptors (Lipinski definition) is 3. The molecule has 0 amide bonds. The molecule has 0 radical (unpaired) electrons. The predicted molar refractivity (Wildman–Crippen MR) is 71.3 cm³/mol. The summed E-state index contributed by atoms with van der Waals surface area (Å²) >= 11 is 0. The van der Waals surface area contributed by atoms with Crippen molar-refractivity contribution in [2.75, 3.05) is 0 Å². The van der Waals surface area contributed by atoms with E-state index in [9.17, 15) is 13.2 Å². The maximum atomic E-state index is 13.5. The molecular weight excluding hydrogens is 281 g/mol. The Hall–Kier alpha value is -2.41. The lowest BCUT2D eigenvalue weighted by molar-refractivity contribution is 0.510. The molecule has 1 unspecified atom stereocenters. The molecule has 0 aliphatic rings. The van der Waals surface area contributed by atoms with E-state index >= 15 is 0 Å². The maximum Gasteiger partial charge on any atom is 0.161 e. The molecule has 21 heavy (non-hydrogen) atoms. The van der Waals surface area contributed by atoms with E-state index in [1.807, 2.05) is 0 Å². The molecule has 1 aromatic carbocycles. The first-order chi connectivity index (χ1) is 9.97. The molecule has 7 heteroatoms. The molecule has 3 aromatic rings. The first kappa shape index (κ1) is 13.6. The van der Waals surface area contributed by atoms with Gasteiger partial charge >= 0.3 is 0 Å². The highest BCUT2D eigenvalue weighted by molar-refractivity contribution is 5.78. The summed E-state index contributed by atoms with van der Waals surface area (Å²) < 4.78 is 41.7. The molecule has 3 rings (SSSR count). The summed E-state index contributed by atoms with van der Waals surface area (Å²) in [5.74, 6) is -2.19. The van der Waals surface area contributed by atoms with Gasteiger partial charge in [-0.05, 0) is 6.92 Å². The highest BCUT2D eigenvalue weighted by Crippen LogP contribution is 2.26. The van der Waals surface area contributed by atoms with Crippen LogP contribution in [0.4, 0.5) is 13.2 Å². The number of nitrogens with two attached hydrogens (primary N) is 1. The summed E-state index contributed by atoms with van der Waals surface area (Å²) in [5, 5.41) is 0. The molecule has 0 spiro atoms. The van der Waals surface area contributed by atoms with Gasteiger partial charge in [-0.25, -0.2) is 18.2 Å². The lowest BCUT2D eigenvalue weighted by atomic mass is 10.2. The zero-order valence-corrected chi connectivity index (χ0v) is 11.0. The van der Waals surface area contributed by atoms with Gasteiger partial charge in [0.25, 0.3) is 0 Å². The van der Waals surface area contributed by atoms with Gasteiger partial charge in [-0.3, -0.25) is 9.55 Å². The van der Waals surface area contributed by atoms with E-state index in [4.69, 9.17) is 5.73 Å². The van der Waals surface area contributed by atoms with E-state index in [-0.39, 0.29) is 5.52 Å². The molecule has 0 aliphatic heterocycles. The number of imidazole rings is 1. The van der Waals surface area contributed by atoms with E-state index in [2.05, 4.69) is 9.97 Å². The minimum atomic E-state index is -1.01. The van der Waals surface area contributed by atoms with Gasteiger partial charge in [0, 0.05) is 18.2 Å². The molecule has 0 saturated carbocycles. The van der Waals surface area contributed by atoms with Crippen molar-refractivity contribution in [2.24, 2.45) is 5.73 Å². The van der Waals surface area contributed by atoms with Crippen molar-refractivity contribution >= 4 is 11.0 Å². The third-order valence-corrected chi connectivity index (χ3v) is 3.08. The summed E-state index contributed by atoms with van der Waals surface area (Å²) in [5.41, 5.74) is 6.73. The molecule has 0 bridgehead atoms. The largest absolute Gasteiger partial charge is 0.322 e. The standard InChI is InChI=1S/C14H11F3N4/c1-7(18)14-20-12-3-10(16)11(17)4-13(12)21(14)9-2-8(15)5-19-6-9/h2-7H,18H2,1H3. The fraction of sp³-hybridized carbons (Fsp3) is 0.143. The van der Waals surface area contributed by atoms with Crippen molar-refractivity contribution in [3.05, 3.63) is 53.9 Å². The summed E-state index contributed by atoms with van der Waals surface area (Å²) in [6.07, 6.45) is 2.45. The van der Waals surface area contributed by atoms with Crippen molar-refractivity contribution in [1.29, 1.82) is 0 Å². The minimum Gasteiger partial charge on any atom is -0.322 e. The van der Waals surface area contributed by atoms with E-state index in [1.165, 1.54) is 16.8 Å². The zero-order valence-electron chi connectivity index (χ0n) is 11.0. The highest BCUT2D eigenvalue weighted by atomic mass is 19.2. The SMILES string of the molecule is CC(N)c1nc2cc(F)c(F)cc2n1-c1cncc(F)c1. The van der Waals surface area contributed by atoms with Crippen molar-refractivity contribution in [3.8, 4) is 5.69 Å². The fourth-order valence-electron chi connectivity index (χ4n) is 2.19. The molecule has 1 atom stereocenters. The van der Waals surface area contributed by atoms with Gasteiger partial charge in [0.05, 0.1) is 35.2 Å². The molecule has 0 fully saturated rings. The number of hydrogen-bond donors (Lipinski definition) is 1. The van der Waals surface area contributed by atoms with E-state index in [0.29, 0.717) is 17.0 Å². The second-order valence-electron chi connectivity index (χ2n) is 4.71. The van der Waals surface area contributed by atoms with Gasteiger partial charge in [-0.2, -0.15) is 0 Å². The second kappa shape index (κ2) is 4.85. The van der Waals surface area contributed by atoms with Crippen LogP contribution in [0, 0.1) is 17.5 Å². The summed E-state index contributed by atoms with van der Waals surface area (Å²) in [6, 6.07) is 2.71. The Morgan fingerprint density at radius 3 is 2.48 bits per heavy atom. The van der Waals surface area contributed by atoms with Crippen LogP contribution in [-0.2, 0) is 0 Å². The average molecular weight is 292 g/mol. The topological polar surface area (TPSA) is 56.7 Å². The molecule has 108 valence electrons. The average Bonchev–Trinajstić information content (AvgIpc) is 2.78. The molecule has 2 N–H and O–H groups in total. The number of benzene rings is 1.